The van der Waals surface area contributed by atoms with Crippen LogP contribution in [0.2, 0.25) is 0 Å². The molecule has 18 atom stereocenters. The largest absolute Gasteiger partial charge is 0.508 e. The molecule has 54 heteroatoms. The van der Waals surface area contributed by atoms with Crippen molar-refractivity contribution in [3.05, 3.63) is 95.6 Å². The van der Waals surface area contributed by atoms with Gasteiger partial charge in [0.2, 0.25) is 112 Å². The Morgan fingerprint density at radius 2 is 0.732 bits per heavy atom. The van der Waals surface area contributed by atoms with Gasteiger partial charge in [0.25, 0.3) is 0 Å². The van der Waals surface area contributed by atoms with Gasteiger partial charge in [0.1, 0.15) is 109 Å². The Morgan fingerprint density at radius 3 is 1.15 bits per heavy atom. The molecule has 36 N–H and O–H groups in total. The number of carbonyl (C=O) groups is 23. The van der Waals surface area contributed by atoms with Crippen LogP contribution in [0.3, 0.4) is 0 Å². The van der Waals surface area contributed by atoms with Crippen molar-refractivity contribution in [1.82, 2.24) is 84.7 Å². The van der Waals surface area contributed by atoms with Crippen LogP contribution in [0.1, 0.15) is 147 Å². The highest BCUT2D eigenvalue weighted by molar-refractivity contribution is 6.03. The number of hydrogen-bond donors (Lipinski definition) is 30. The summed E-state index contributed by atoms with van der Waals surface area (Å²) in [5.41, 5.74) is 34.7. The lowest BCUT2D eigenvalue weighted by Gasteiger charge is -2.31. The number of aromatic hydroxyl groups is 2. The number of phenolic OH excluding ortho intramolecular Hbond substituents is 2. The second-order valence-corrected chi connectivity index (χ2v) is 33.6. The molecule has 54 nitrogen and oxygen atoms in total. The standard InChI is InChI=1S/C88H128N22O32/c1-4-43(2)71(108-73(127)50(91)26-29-67(119)120)86(140)105-60(39-69(123)124)88(142)110-32-12-17-63(110)85(139)107-62(42-112)84(138)103-59(38-68(121)122)81(135)106-61(41-111)83(137)101-56(35-47-20-24-49(115)25-21-47)82(136)109-72(44(3)113)87(141)104-58(37-66(94)118)80(134)100-55(34-46-18-22-48(114)23-19-46)78(132)102-57(36-65(93)117)79(133)98-53(27-28-64(92)116)76(130)97-52(16-9-11-31-90)75(129)99-54(33-45-13-6-5-7-14-45)77(131)96-51(15-8-10-30-89)74(128)95-40-70(125)126/h5-7,13-14,18-25,43-44,50-63,71-72,111-115H,4,8-12,15-17,26-42,89-91H2,1-3H3,(H2,92,116)(H2,93,117)(H2,94,118)(H,95,128)(H,96,131)(H,97,130)(H,98,133)(H,99,129)(H,100,134)(H,101,137)(H,102,132)(H,103,138)(H,104,141)(H,105,140)(H,106,135)(H,107,139)(H,108,127)(H,109,136)(H,119,120)(H,121,122)(H,123,124)(H,125,126)/t43-,44+,50-,51-,52-,53-,54-,55-,56-,57-,58-,59-,60-,61-,62-,63-,71-,72-/m0/s1. The molecule has 0 aromatic heterocycles. The highest BCUT2D eigenvalue weighted by Gasteiger charge is 2.44. The molecule has 19 amide bonds. The number of nitrogens with two attached hydrogens (primary N) is 6. The lowest BCUT2D eigenvalue weighted by molar-refractivity contribution is -0.146. The average molecular weight is 2010 g/mol. The van der Waals surface area contributed by atoms with E-state index in [0.29, 0.717) is 18.4 Å². The number of phenols is 2. The van der Waals surface area contributed by atoms with Crippen molar-refractivity contribution in [2.45, 2.75) is 252 Å². The van der Waals surface area contributed by atoms with Gasteiger partial charge in [-0.2, -0.15) is 0 Å². The van der Waals surface area contributed by atoms with Gasteiger partial charge in [-0.15, -0.1) is 0 Å². The molecule has 0 aliphatic carbocycles. The minimum absolute atomic E-state index is 0.0190. The molecule has 0 bridgehead atoms. The summed E-state index contributed by atoms with van der Waals surface area (Å²) in [5, 5.41) is 125. The predicted octanol–water partition coefficient (Wildman–Crippen LogP) is -11.1. The zero-order chi connectivity index (χ0) is 106. The highest BCUT2D eigenvalue weighted by Crippen LogP contribution is 2.23. The van der Waals surface area contributed by atoms with Gasteiger partial charge >= 0.3 is 23.9 Å². The fraction of sp³-hybridized carbons (Fsp3) is 0.534. The molecule has 142 heavy (non-hydrogen) atoms. The number of amides is 19. The van der Waals surface area contributed by atoms with Crippen molar-refractivity contribution in [3.8, 4) is 11.5 Å². The Hall–Kier alpha value is -15.2. The highest BCUT2D eigenvalue weighted by atomic mass is 16.4. The molecule has 0 unspecified atom stereocenters. The van der Waals surface area contributed by atoms with E-state index >= 15 is 0 Å². The molecule has 0 radical (unpaired) electrons. The molecule has 782 valence electrons. The van der Waals surface area contributed by atoms with Crippen molar-refractivity contribution >= 4 is 136 Å². The molecule has 0 spiro atoms. The quantitative estimate of drug-likeness (QED) is 0.0233. The van der Waals surface area contributed by atoms with Crippen LogP contribution in [-0.4, -0.2) is 329 Å². The molecule has 1 saturated heterocycles. The van der Waals surface area contributed by atoms with Crippen LogP contribution < -0.4 is 114 Å². The zero-order valence-corrected chi connectivity index (χ0v) is 78.1. The van der Waals surface area contributed by atoms with E-state index < -0.39 is 322 Å². The number of rotatable bonds is 65. The molecular formula is C88H128N22O32. The van der Waals surface area contributed by atoms with E-state index in [9.17, 15) is 151 Å². The number of carbonyl (C=O) groups excluding carboxylic acids is 19. The van der Waals surface area contributed by atoms with Gasteiger partial charge in [0.15, 0.2) is 0 Å². The van der Waals surface area contributed by atoms with Crippen molar-refractivity contribution in [2.24, 2.45) is 40.3 Å². The van der Waals surface area contributed by atoms with Gasteiger partial charge < -0.3 is 165 Å². The van der Waals surface area contributed by atoms with Gasteiger partial charge in [0.05, 0.1) is 51.0 Å². The molecule has 1 aliphatic heterocycles. The smallest absolute Gasteiger partial charge is 0.322 e. The number of carboxylic acids is 4. The zero-order valence-electron chi connectivity index (χ0n) is 78.1. The second kappa shape index (κ2) is 60.6. The van der Waals surface area contributed by atoms with Gasteiger partial charge in [-0.05, 0) is 131 Å². The lowest BCUT2D eigenvalue weighted by Crippen LogP contribution is -2.63. The first-order chi connectivity index (χ1) is 67.0. The number of hydrogen-bond acceptors (Lipinski definition) is 31. The summed E-state index contributed by atoms with van der Waals surface area (Å²) in [4.78, 5) is 313. The first-order valence-electron chi connectivity index (χ1n) is 45.2. The second-order valence-electron chi connectivity index (χ2n) is 33.6. The number of unbranched alkanes of at least 4 members (excludes halogenated alkanes) is 2. The van der Waals surface area contributed by atoms with Gasteiger partial charge in [-0.1, -0.05) is 74.9 Å². The first-order valence-corrected chi connectivity index (χ1v) is 45.2. The SMILES string of the molecule is CC[C@H](C)[C@H](NC(=O)[C@@H](N)CCC(=O)O)C(=O)N[C@@H](CC(=O)O)C(=O)N1CCC[C@H]1C(=O)N[C@@H](CO)C(=O)N[C@@H](CC(=O)O)C(=O)N[C@@H](CO)C(=O)N[C@@H](Cc1ccc(O)cc1)C(=O)N[C@H](C(=O)N[C@@H](CC(N)=O)C(=O)N[C@@H](Cc1ccc(O)cc1)C(=O)N[C@@H](CC(N)=O)C(=O)N[C@@H](CCC(N)=O)C(=O)N[C@@H](CCCCN)C(=O)N[C@@H](Cc1ccccc1)C(=O)N[C@@H](CCCCN)C(=O)NCC(=O)O)[C@@H](C)O. The summed E-state index contributed by atoms with van der Waals surface area (Å²) >= 11 is 0. The van der Waals surface area contributed by atoms with Crippen molar-refractivity contribution in [3.63, 3.8) is 0 Å². The Balaban J connectivity index is 1.62. The number of carboxylic acid groups (broad SMARTS) is 4. The summed E-state index contributed by atoms with van der Waals surface area (Å²) in [7, 11) is 0. The monoisotopic (exact) mass is 2000 g/mol. The van der Waals surface area contributed by atoms with Crippen molar-refractivity contribution in [2.75, 3.05) is 39.4 Å². The van der Waals surface area contributed by atoms with Crippen LogP contribution in [-0.2, 0) is 130 Å². The minimum Gasteiger partial charge on any atom is -0.508 e. The van der Waals surface area contributed by atoms with Crippen LogP contribution in [0.5, 0.6) is 11.5 Å². The maximum absolute atomic E-state index is 14.8. The Morgan fingerprint density at radius 1 is 0.373 bits per heavy atom. The maximum Gasteiger partial charge on any atom is 0.322 e. The van der Waals surface area contributed by atoms with E-state index in [2.05, 4.69) is 69.1 Å². The molecule has 1 fully saturated rings. The number of aliphatic hydroxyl groups is 3. The van der Waals surface area contributed by atoms with E-state index in [1.54, 1.807) is 37.3 Å². The average Bonchev–Trinajstić information content (AvgIpc) is 1.65. The fourth-order valence-corrected chi connectivity index (χ4v) is 14.3. The normalized spacial score (nSPS) is 15.7. The molecule has 4 rings (SSSR count). The van der Waals surface area contributed by atoms with Crippen LogP contribution in [0.15, 0.2) is 78.9 Å². The number of nitrogens with one attached hydrogen (secondary N) is 15. The Bertz CT molecular complexity index is 4900. The van der Waals surface area contributed by atoms with Crippen LogP contribution in [0.4, 0.5) is 0 Å². The van der Waals surface area contributed by atoms with E-state index in [1.165, 1.54) is 31.2 Å². The van der Waals surface area contributed by atoms with E-state index in [-0.39, 0.29) is 100 Å². The van der Waals surface area contributed by atoms with Gasteiger partial charge in [-0.3, -0.25) is 110 Å². The maximum atomic E-state index is 14.8. The summed E-state index contributed by atoms with van der Waals surface area (Å²) in [6, 6.07) is -12.3. The third-order valence-corrected chi connectivity index (χ3v) is 22.2. The molecule has 3 aromatic rings. The third kappa shape index (κ3) is 41.9. The number of likely N-dealkylation sites (tertiary alicyclic amines) is 1. The summed E-state index contributed by atoms with van der Waals surface area (Å²) in [5.74, 6) is -31.2. The van der Waals surface area contributed by atoms with Gasteiger partial charge in [0, 0.05) is 38.6 Å². The predicted molar refractivity (Wildman–Crippen MR) is 493 cm³/mol. The summed E-state index contributed by atoms with van der Waals surface area (Å²) in [6.07, 6.45) is -9.44. The number of primary amides is 3. The minimum atomic E-state index is -2.28. The van der Waals surface area contributed by atoms with E-state index in [4.69, 9.17) is 39.5 Å². The number of benzene rings is 3. The molecule has 3 aromatic carbocycles. The van der Waals surface area contributed by atoms with Crippen molar-refractivity contribution in [1.29, 1.82) is 0 Å². The lowest BCUT2D eigenvalue weighted by atomic mass is 9.97. The molecular weight excluding hydrogens is 1880 g/mol. The summed E-state index contributed by atoms with van der Waals surface area (Å²) in [6.45, 7) is 0.581. The Kier molecular flexibility index (Phi) is 50.9. The number of aliphatic hydroxyl groups excluding tert-OH is 3. The van der Waals surface area contributed by atoms with Crippen LogP contribution >= 0.6 is 0 Å². The first kappa shape index (κ1) is 119. The third-order valence-electron chi connectivity index (χ3n) is 22.2. The number of nitrogens with zero attached hydrogens (tertiary/aromatic N) is 1. The van der Waals surface area contributed by atoms with Crippen LogP contribution in [0, 0.1) is 5.92 Å². The Labute approximate surface area is 812 Å². The van der Waals surface area contributed by atoms with E-state index in [0.717, 1.165) is 36.1 Å². The summed E-state index contributed by atoms with van der Waals surface area (Å²) < 4.78 is 0. The molecule has 0 saturated carbocycles. The van der Waals surface area contributed by atoms with Crippen molar-refractivity contribution < 1.29 is 156 Å². The number of aliphatic carboxylic acids is 4. The molecule has 1 aliphatic rings. The van der Waals surface area contributed by atoms with E-state index in [1.807, 2.05) is 10.6 Å². The topological polar surface area (TPSA) is 914 Å². The fourth-order valence-electron chi connectivity index (χ4n) is 14.3. The van der Waals surface area contributed by atoms with Crippen LogP contribution in [0.25, 0.3) is 0 Å². The molecule has 1 heterocycles. The van der Waals surface area contributed by atoms with Gasteiger partial charge in [-0.25, -0.2) is 0 Å².